The van der Waals surface area contributed by atoms with Gasteiger partial charge in [0.25, 0.3) is 0 Å². The summed E-state index contributed by atoms with van der Waals surface area (Å²) in [6.07, 6.45) is -6.94. The van der Waals surface area contributed by atoms with Gasteiger partial charge in [-0.05, 0) is 6.92 Å². The molecule has 6 nitrogen and oxygen atoms in total. The number of aliphatic hydroxyl groups is 4. The van der Waals surface area contributed by atoms with E-state index in [1.807, 2.05) is 0 Å². The first-order chi connectivity index (χ1) is 5.37. The maximum atomic E-state index is 10.1. The molecule has 0 aliphatic carbocycles. The highest BCUT2D eigenvalue weighted by atomic mass is 16.4. The van der Waals surface area contributed by atoms with Crippen molar-refractivity contribution in [2.75, 3.05) is 0 Å². The molecule has 0 amide bonds. The molecule has 0 rings (SSSR count). The lowest BCUT2D eigenvalue weighted by Crippen LogP contribution is -2.46. The molecule has 0 aromatic heterocycles. The monoisotopic (exact) mass is 180 g/mol. The van der Waals surface area contributed by atoms with E-state index >= 15 is 0 Å². The van der Waals surface area contributed by atoms with E-state index in [2.05, 4.69) is 0 Å². The van der Waals surface area contributed by atoms with Crippen LogP contribution in [0.5, 0.6) is 0 Å². The Morgan fingerprint density at radius 3 is 1.75 bits per heavy atom. The Morgan fingerprint density at radius 2 is 1.50 bits per heavy atom. The van der Waals surface area contributed by atoms with Gasteiger partial charge < -0.3 is 25.5 Å². The van der Waals surface area contributed by atoms with Crippen LogP contribution in [-0.2, 0) is 4.79 Å². The second kappa shape index (κ2) is 4.36. The fraction of sp³-hybridized carbons (Fsp3) is 0.833. The predicted molar refractivity (Wildman–Crippen MR) is 37.3 cm³/mol. The Morgan fingerprint density at radius 1 is 1.08 bits per heavy atom. The topological polar surface area (TPSA) is 118 Å². The summed E-state index contributed by atoms with van der Waals surface area (Å²) in [4.78, 5) is 10.1. The molecular formula is C6H12O6. The minimum absolute atomic E-state index is 1.17. The van der Waals surface area contributed by atoms with E-state index in [1.54, 1.807) is 0 Å². The number of carbonyl (C=O) groups is 1. The zero-order valence-corrected chi connectivity index (χ0v) is 6.45. The Kier molecular flexibility index (Phi) is 4.11. The van der Waals surface area contributed by atoms with Crippen molar-refractivity contribution in [3.63, 3.8) is 0 Å². The summed E-state index contributed by atoms with van der Waals surface area (Å²) in [7, 11) is 0. The van der Waals surface area contributed by atoms with Crippen LogP contribution in [0, 0.1) is 0 Å². The summed E-state index contributed by atoms with van der Waals surface area (Å²) < 4.78 is 0. The highest BCUT2D eigenvalue weighted by molar-refractivity contribution is 5.72. The van der Waals surface area contributed by atoms with Crippen molar-refractivity contribution in [2.45, 2.75) is 31.3 Å². The predicted octanol–water partition coefficient (Wildman–Crippen LogP) is -2.47. The number of carboxylic acids is 1. The van der Waals surface area contributed by atoms with Gasteiger partial charge in [0.1, 0.15) is 12.2 Å². The van der Waals surface area contributed by atoms with Gasteiger partial charge in [-0.1, -0.05) is 0 Å². The van der Waals surface area contributed by atoms with E-state index < -0.39 is 30.4 Å². The Bertz CT molecular complexity index is 156. The van der Waals surface area contributed by atoms with Crippen LogP contribution in [0.25, 0.3) is 0 Å². The first kappa shape index (κ1) is 11.3. The van der Waals surface area contributed by atoms with E-state index in [0.29, 0.717) is 0 Å². The standard InChI is InChI=1S/C6H12O6/c1-2(7)3(8)4(9)5(10)6(11)12/h2-5,7-10H,1H3,(H,11,12)/t2-,3-,4+,5+/m1/s1. The molecule has 0 radical (unpaired) electrons. The van der Waals surface area contributed by atoms with Crippen molar-refractivity contribution in [3.05, 3.63) is 0 Å². The fourth-order valence-electron chi connectivity index (χ4n) is 0.618. The van der Waals surface area contributed by atoms with Gasteiger partial charge in [-0.25, -0.2) is 4.79 Å². The Labute approximate surface area is 68.7 Å². The smallest absolute Gasteiger partial charge is 0.335 e. The highest BCUT2D eigenvalue weighted by Crippen LogP contribution is 2.04. The minimum Gasteiger partial charge on any atom is -0.479 e. The first-order valence-electron chi connectivity index (χ1n) is 3.33. The first-order valence-corrected chi connectivity index (χ1v) is 3.33. The van der Waals surface area contributed by atoms with Crippen molar-refractivity contribution in [1.29, 1.82) is 0 Å². The molecule has 0 saturated carbocycles. The van der Waals surface area contributed by atoms with E-state index in [9.17, 15) is 4.79 Å². The number of carboxylic acid groups (broad SMARTS) is 1. The van der Waals surface area contributed by atoms with Crippen LogP contribution in [0.15, 0.2) is 0 Å². The molecule has 0 saturated heterocycles. The quantitative estimate of drug-likeness (QED) is 0.327. The van der Waals surface area contributed by atoms with Crippen LogP contribution in [0.4, 0.5) is 0 Å². The molecule has 0 unspecified atom stereocenters. The number of aliphatic hydroxyl groups excluding tert-OH is 4. The van der Waals surface area contributed by atoms with Crippen LogP contribution in [-0.4, -0.2) is 55.9 Å². The van der Waals surface area contributed by atoms with Gasteiger partial charge in [-0.15, -0.1) is 0 Å². The van der Waals surface area contributed by atoms with Gasteiger partial charge in [-0.2, -0.15) is 0 Å². The van der Waals surface area contributed by atoms with E-state index in [-0.39, 0.29) is 0 Å². The van der Waals surface area contributed by atoms with Gasteiger partial charge >= 0.3 is 5.97 Å². The van der Waals surface area contributed by atoms with Crippen molar-refractivity contribution >= 4 is 5.97 Å². The lowest BCUT2D eigenvalue weighted by atomic mass is 10.0. The molecule has 0 aromatic rings. The molecular weight excluding hydrogens is 168 g/mol. The molecule has 0 aliphatic rings. The molecule has 0 fully saturated rings. The van der Waals surface area contributed by atoms with Crippen LogP contribution in [0.1, 0.15) is 6.92 Å². The lowest BCUT2D eigenvalue weighted by Gasteiger charge is -2.21. The lowest BCUT2D eigenvalue weighted by molar-refractivity contribution is -0.162. The van der Waals surface area contributed by atoms with Crippen LogP contribution < -0.4 is 0 Å². The second-order valence-corrected chi connectivity index (χ2v) is 2.50. The molecule has 0 bridgehead atoms. The Balaban J connectivity index is 4.18. The van der Waals surface area contributed by atoms with Gasteiger partial charge in [0, 0.05) is 0 Å². The van der Waals surface area contributed by atoms with Crippen molar-refractivity contribution in [3.8, 4) is 0 Å². The maximum Gasteiger partial charge on any atom is 0.335 e. The number of hydrogen-bond acceptors (Lipinski definition) is 5. The molecule has 0 aliphatic heterocycles. The summed E-state index contributed by atoms with van der Waals surface area (Å²) in [5.74, 6) is -1.65. The second-order valence-electron chi connectivity index (χ2n) is 2.50. The van der Waals surface area contributed by atoms with Crippen molar-refractivity contribution in [1.82, 2.24) is 0 Å². The molecule has 0 spiro atoms. The van der Waals surface area contributed by atoms with Gasteiger partial charge in [0.15, 0.2) is 6.10 Å². The molecule has 0 heterocycles. The summed E-state index contributed by atoms with van der Waals surface area (Å²) in [6.45, 7) is 1.17. The van der Waals surface area contributed by atoms with Gasteiger partial charge in [0.05, 0.1) is 6.10 Å². The molecule has 4 atom stereocenters. The molecule has 0 aromatic carbocycles. The highest BCUT2D eigenvalue weighted by Gasteiger charge is 2.32. The van der Waals surface area contributed by atoms with E-state index in [0.717, 1.165) is 0 Å². The van der Waals surface area contributed by atoms with Crippen molar-refractivity contribution in [2.24, 2.45) is 0 Å². The molecule has 6 heteroatoms. The number of hydrogen-bond donors (Lipinski definition) is 5. The number of aliphatic carboxylic acids is 1. The molecule has 72 valence electrons. The van der Waals surface area contributed by atoms with Crippen LogP contribution in [0.3, 0.4) is 0 Å². The molecule has 5 N–H and O–H groups in total. The largest absolute Gasteiger partial charge is 0.479 e. The van der Waals surface area contributed by atoms with Crippen LogP contribution in [0.2, 0.25) is 0 Å². The minimum atomic E-state index is -2.09. The summed E-state index contributed by atoms with van der Waals surface area (Å²) in [5.41, 5.74) is 0. The van der Waals surface area contributed by atoms with Crippen LogP contribution >= 0.6 is 0 Å². The number of rotatable bonds is 4. The SMILES string of the molecule is C[C@@H](O)[C@@H](O)[C@H](O)[C@H](O)C(=O)O. The third kappa shape index (κ3) is 2.74. The third-order valence-electron chi connectivity index (χ3n) is 1.42. The summed E-state index contributed by atoms with van der Waals surface area (Å²) in [6, 6.07) is 0. The third-order valence-corrected chi connectivity index (χ3v) is 1.42. The maximum absolute atomic E-state index is 10.1. The Hall–Kier alpha value is -0.690. The fourth-order valence-corrected chi connectivity index (χ4v) is 0.618. The summed E-state index contributed by atoms with van der Waals surface area (Å²) in [5, 5.41) is 43.4. The van der Waals surface area contributed by atoms with Gasteiger partial charge in [-0.3, -0.25) is 0 Å². The zero-order valence-electron chi connectivity index (χ0n) is 6.45. The summed E-state index contributed by atoms with van der Waals surface area (Å²) >= 11 is 0. The average Bonchev–Trinajstić information content (AvgIpc) is 2.00. The van der Waals surface area contributed by atoms with E-state index in [1.165, 1.54) is 6.92 Å². The zero-order chi connectivity index (χ0) is 9.89. The normalized spacial score (nSPS) is 21.1. The van der Waals surface area contributed by atoms with E-state index in [4.69, 9.17) is 25.5 Å². The van der Waals surface area contributed by atoms with Gasteiger partial charge in [0.2, 0.25) is 0 Å². The average molecular weight is 180 g/mol. The molecule has 12 heavy (non-hydrogen) atoms. The van der Waals surface area contributed by atoms with Crippen molar-refractivity contribution < 1.29 is 30.3 Å².